The second-order valence-corrected chi connectivity index (χ2v) is 7.24. The molecule has 1 saturated heterocycles. The van der Waals surface area contributed by atoms with Gasteiger partial charge in [0, 0.05) is 5.92 Å². The number of aliphatic hydroxyl groups is 1. The Morgan fingerprint density at radius 1 is 0.897 bits per heavy atom. The summed E-state index contributed by atoms with van der Waals surface area (Å²) in [7, 11) is 3.28. The molecule has 2 aromatic rings. The highest BCUT2D eigenvalue weighted by Gasteiger charge is 2.40. The monoisotopic (exact) mass is 402 g/mol. The van der Waals surface area contributed by atoms with Crippen molar-refractivity contribution in [2.24, 2.45) is 5.92 Å². The van der Waals surface area contributed by atoms with Crippen LogP contribution in [0.3, 0.4) is 0 Å². The first-order chi connectivity index (χ1) is 14.1. The third-order valence-electron chi connectivity index (χ3n) is 5.17. The van der Waals surface area contributed by atoms with Gasteiger partial charge in [0.05, 0.1) is 40.6 Å². The zero-order chi connectivity index (χ0) is 20.5. The van der Waals surface area contributed by atoms with Crippen molar-refractivity contribution in [2.45, 2.75) is 31.8 Å². The predicted molar refractivity (Wildman–Crippen MR) is 109 cm³/mol. The predicted octanol–water partition coefficient (Wildman–Crippen LogP) is 3.55. The van der Waals surface area contributed by atoms with Crippen molar-refractivity contribution < 1.29 is 28.8 Å². The Labute approximate surface area is 172 Å². The molecule has 0 saturated carbocycles. The van der Waals surface area contributed by atoms with Crippen LogP contribution in [0.5, 0.6) is 11.5 Å². The van der Waals surface area contributed by atoms with Crippen molar-refractivity contribution in [3.8, 4) is 11.5 Å². The smallest absolute Gasteiger partial charge is 0.194 e. The van der Waals surface area contributed by atoms with E-state index in [2.05, 4.69) is 0 Å². The van der Waals surface area contributed by atoms with Gasteiger partial charge in [0.1, 0.15) is 18.1 Å². The maximum atomic E-state index is 11.0. The lowest BCUT2D eigenvalue weighted by Gasteiger charge is -2.39. The Kier molecular flexibility index (Phi) is 7.89. The van der Waals surface area contributed by atoms with Gasteiger partial charge in [-0.2, -0.15) is 0 Å². The number of ether oxygens (including phenoxy) is 5. The molecule has 0 amide bonds. The van der Waals surface area contributed by atoms with E-state index in [1.54, 1.807) is 14.2 Å². The van der Waals surface area contributed by atoms with E-state index in [1.165, 1.54) is 0 Å². The van der Waals surface area contributed by atoms with E-state index in [-0.39, 0.29) is 12.5 Å². The molecule has 6 heteroatoms. The van der Waals surface area contributed by atoms with Crippen LogP contribution in [0.4, 0.5) is 0 Å². The van der Waals surface area contributed by atoms with E-state index in [1.807, 2.05) is 48.5 Å². The van der Waals surface area contributed by atoms with Crippen LogP contribution >= 0.6 is 0 Å². The molecule has 0 radical (unpaired) electrons. The second kappa shape index (κ2) is 10.6. The molecule has 158 valence electrons. The summed E-state index contributed by atoms with van der Waals surface area (Å²) in [6.45, 7) is 1.92. The number of hydrogen-bond donors (Lipinski definition) is 1. The Morgan fingerprint density at radius 3 is 2.00 bits per heavy atom. The van der Waals surface area contributed by atoms with Crippen molar-refractivity contribution in [3.63, 3.8) is 0 Å². The molecule has 1 aliphatic heterocycles. The summed E-state index contributed by atoms with van der Waals surface area (Å²) in [4.78, 5) is 0. The summed E-state index contributed by atoms with van der Waals surface area (Å²) >= 11 is 0. The number of rotatable bonds is 10. The van der Waals surface area contributed by atoms with Crippen molar-refractivity contribution in [2.75, 3.05) is 34.0 Å². The fourth-order valence-electron chi connectivity index (χ4n) is 3.37. The standard InChI is InChI=1S/C23H30O6/c1-25-21-9-5-18(6-10-21)14-27-16-20-4-3-13-29-23(20,24)17-28-15-19-7-11-22(26-2)12-8-19/h5-12,20,24H,3-4,13-17H2,1-2H3. The Bertz CT molecular complexity index is 730. The highest BCUT2D eigenvalue weighted by atomic mass is 16.7. The van der Waals surface area contributed by atoms with Gasteiger partial charge in [-0.1, -0.05) is 24.3 Å². The van der Waals surface area contributed by atoms with Crippen LogP contribution in [0.15, 0.2) is 48.5 Å². The van der Waals surface area contributed by atoms with Crippen molar-refractivity contribution >= 4 is 0 Å². The minimum absolute atomic E-state index is 0.107. The van der Waals surface area contributed by atoms with E-state index in [0.717, 1.165) is 35.5 Å². The Balaban J connectivity index is 1.47. The zero-order valence-electron chi connectivity index (χ0n) is 17.1. The largest absolute Gasteiger partial charge is 0.497 e. The van der Waals surface area contributed by atoms with E-state index in [9.17, 15) is 5.11 Å². The summed E-state index contributed by atoms with van der Waals surface area (Å²) in [6.07, 6.45) is 1.74. The van der Waals surface area contributed by atoms with Gasteiger partial charge in [-0.25, -0.2) is 0 Å². The molecule has 29 heavy (non-hydrogen) atoms. The molecule has 6 nitrogen and oxygen atoms in total. The van der Waals surface area contributed by atoms with Crippen LogP contribution in [0.25, 0.3) is 0 Å². The number of benzene rings is 2. The van der Waals surface area contributed by atoms with Crippen molar-refractivity contribution in [1.82, 2.24) is 0 Å². The van der Waals surface area contributed by atoms with Gasteiger partial charge in [-0.3, -0.25) is 0 Å². The van der Waals surface area contributed by atoms with Crippen LogP contribution in [0, 0.1) is 5.92 Å². The van der Waals surface area contributed by atoms with E-state index in [0.29, 0.717) is 26.4 Å². The highest BCUT2D eigenvalue weighted by molar-refractivity contribution is 5.27. The third-order valence-corrected chi connectivity index (χ3v) is 5.17. The molecule has 1 N–H and O–H groups in total. The second-order valence-electron chi connectivity index (χ2n) is 7.24. The van der Waals surface area contributed by atoms with Gasteiger partial charge < -0.3 is 28.8 Å². The summed E-state index contributed by atoms with van der Waals surface area (Å²) in [5.74, 6) is 0.158. The molecule has 0 bridgehead atoms. The Morgan fingerprint density at radius 2 is 1.45 bits per heavy atom. The van der Waals surface area contributed by atoms with Crippen LogP contribution < -0.4 is 9.47 Å². The minimum Gasteiger partial charge on any atom is -0.497 e. The molecular weight excluding hydrogens is 372 g/mol. The average molecular weight is 402 g/mol. The van der Waals surface area contributed by atoms with Crippen molar-refractivity contribution in [1.29, 1.82) is 0 Å². The fraction of sp³-hybridized carbons (Fsp3) is 0.478. The molecule has 0 aliphatic carbocycles. The fourth-order valence-corrected chi connectivity index (χ4v) is 3.37. The quantitative estimate of drug-likeness (QED) is 0.656. The summed E-state index contributed by atoms with van der Waals surface area (Å²) in [6, 6.07) is 15.4. The maximum Gasteiger partial charge on any atom is 0.194 e. The Hall–Kier alpha value is -2.12. The average Bonchev–Trinajstić information content (AvgIpc) is 2.76. The van der Waals surface area contributed by atoms with E-state index >= 15 is 0 Å². The van der Waals surface area contributed by atoms with E-state index < -0.39 is 5.79 Å². The molecule has 2 unspecified atom stereocenters. The van der Waals surface area contributed by atoms with Crippen LogP contribution in [0.2, 0.25) is 0 Å². The van der Waals surface area contributed by atoms with Crippen LogP contribution in [-0.2, 0) is 27.4 Å². The SMILES string of the molecule is COc1ccc(COCC2CCCOC2(O)COCc2ccc(OC)cc2)cc1. The maximum absolute atomic E-state index is 11.0. The zero-order valence-corrected chi connectivity index (χ0v) is 17.1. The lowest BCUT2D eigenvalue weighted by molar-refractivity contribution is -0.288. The summed E-state index contributed by atoms with van der Waals surface area (Å²) in [5.41, 5.74) is 2.07. The summed E-state index contributed by atoms with van der Waals surface area (Å²) in [5, 5.41) is 11.0. The lowest BCUT2D eigenvalue weighted by atomic mass is 9.92. The molecule has 0 spiro atoms. The van der Waals surface area contributed by atoms with Crippen LogP contribution in [0.1, 0.15) is 24.0 Å². The van der Waals surface area contributed by atoms with Crippen LogP contribution in [-0.4, -0.2) is 44.9 Å². The van der Waals surface area contributed by atoms with Gasteiger partial charge in [0.15, 0.2) is 5.79 Å². The molecule has 1 heterocycles. The molecule has 0 aromatic heterocycles. The molecule has 2 aromatic carbocycles. The lowest BCUT2D eigenvalue weighted by Crippen LogP contribution is -2.50. The van der Waals surface area contributed by atoms with E-state index in [4.69, 9.17) is 23.7 Å². The molecule has 1 fully saturated rings. The molecule has 1 aliphatic rings. The topological polar surface area (TPSA) is 66.4 Å². The van der Waals surface area contributed by atoms with Gasteiger partial charge in [-0.15, -0.1) is 0 Å². The van der Waals surface area contributed by atoms with Gasteiger partial charge in [0.25, 0.3) is 0 Å². The first kappa shape index (κ1) is 21.6. The first-order valence-electron chi connectivity index (χ1n) is 9.90. The van der Waals surface area contributed by atoms with Gasteiger partial charge >= 0.3 is 0 Å². The van der Waals surface area contributed by atoms with Gasteiger partial charge in [0.2, 0.25) is 0 Å². The third kappa shape index (κ3) is 6.18. The number of methoxy groups -OCH3 is 2. The molecule has 3 rings (SSSR count). The minimum atomic E-state index is -1.33. The number of hydrogen-bond acceptors (Lipinski definition) is 6. The highest BCUT2D eigenvalue weighted by Crippen LogP contribution is 2.30. The normalized spacial score (nSPS) is 21.7. The summed E-state index contributed by atoms with van der Waals surface area (Å²) < 4.78 is 27.7. The van der Waals surface area contributed by atoms with Crippen molar-refractivity contribution in [3.05, 3.63) is 59.7 Å². The molecule has 2 atom stereocenters. The van der Waals surface area contributed by atoms with Gasteiger partial charge in [-0.05, 0) is 48.2 Å². The first-order valence-corrected chi connectivity index (χ1v) is 9.90. The molecular formula is C23H30O6.